The van der Waals surface area contributed by atoms with Gasteiger partial charge in [0.1, 0.15) is 25.0 Å². The fourth-order valence-corrected chi connectivity index (χ4v) is 4.93. The average molecular weight is 548 g/mol. The van der Waals surface area contributed by atoms with Crippen LogP contribution in [0.1, 0.15) is 66.4 Å². The maximum absolute atomic E-state index is 10.4. The molecule has 1 aromatic rings. The molecule has 1 aliphatic rings. The molecule has 1 N–H and O–H groups in total. The molecule has 0 radical (unpaired) electrons. The van der Waals surface area contributed by atoms with Gasteiger partial charge in [-0.25, -0.2) is 0 Å². The molecule has 0 aliphatic carbocycles. The van der Waals surface area contributed by atoms with Crippen LogP contribution in [0.15, 0.2) is 24.3 Å². The lowest BCUT2D eigenvalue weighted by Crippen LogP contribution is -3.00. The highest BCUT2D eigenvalue weighted by Gasteiger charge is 2.30. The van der Waals surface area contributed by atoms with E-state index in [1.807, 2.05) is 0 Å². The van der Waals surface area contributed by atoms with Gasteiger partial charge in [-0.2, -0.15) is 0 Å². The second-order valence-electron chi connectivity index (χ2n) is 11.7. The number of halogens is 1. The Balaban J connectivity index is 0.00000480. The molecule has 1 saturated heterocycles. The Morgan fingerprint density at radius 1 is 1.03 bits per heavy atom. The largest absolute Gasteiger partial charge is 1.00 e. The third-order valence-electron chi connectivity index (χ3n) is 6.39. The van der Waals surface area contributed by atoms with Crippen LogP contribution in [0, 0.1) is 11.3 Å². The topological polar surface area (TPSA) is 38.7 Å². The van der Waals surface area contributed by atoms with E-state index in [1.165, 1.54) is 18.4 Å². The van der Waals surface area contributed by atoms with Crippen molar-refractivity contribution in [3.8, 4) is 5.75 Å². The summed E-state index contributed by atoms with van der Waals surface area (Å²) in [6.07, 6.45) is 3.23. The van der Waals surface area contributed by atoms with Gasteiger partial charge < -0.3 is 43.0 Å². The molecule has 0 saturated carbocycles. The van der Waals surface area contributed by atoms with E-state index in [0.29, 0.717) is 25.2 Å². The summed E-state index contributed by atoms with van der Waals surface area (Å²) in [5, 5.41) is 10.4. The van der Waals surface area contributed by atoms with Crippen LogP contribution < -0.4 is 28.7 Å². The Morgan fingerprint density at radius 3 is 2.16 bits per heavy atom. The number of hydrogen-bond donors (Lipinski definition) is 1. The Bertz CT molecular complexity index is 631. The third-order valence-corrected chi connectivity index (χ3v) is 6.39. The monoisotopic (exact) mass is 547 g/mol. The highest BCUT2D eigenvalue weighted by atomic mass is 127. The molecule has 1 unspecified atom stereocenters. The molecule has 4 nitrogen and oxygen atoms in total. The normalized spacial score (nSPS) is 23.2. The van der Waals surface area contributed by atoms with Crippen molar-refractivity contribution in [1.29, 1.82) is 0 Å². The number of likely N-dealkylation sites (tertiary alicyclic amines) is 1. The predicted octanol–water partition coefficient (Wildman–Crippen LogP) is 2.04. The molecule has 0 amide bonds. The van der Waals surface area contributed by atoms with Crippen LogP contribution in [-0.4, -0.2) is 62.2 Å². The molecule has 0 bridgehead atoms. The van der Waals surface area contributed by atoms with Crippen molar-refractivity contribution in [2.45, 2.75) is 72.3 Å². The Morgan fingerprint density at radius 2 is 1.61 bits per heavy atom. The lowest BCUT2D eigenvalue weighted by atomic mass is 9.72. The quantitative estimate of drug-likeness (QED) is 0.277. The Kier molecular flexibility index (Phi) is 11.3. The summed E-state index contributed by atoms with van der Waals surface area (Å²) in [5.74, 6) is 1.69. The molecule has 1 atom stereocenters. The molecular formula is C26H46INO3. The highest BCUT2D eigenvalue weighted by molar-refractivity contribution is 5.31. The molecule has 180 valence electrons. The summed E-state index contributed by atoms with van der Waals surface area (Å²) in [6.45, 7) is 18.3. The van der Waals surface area contributed by atoms with E-state index in [1.54, 1.807) is 0 Å². The van der Waals surface area contributed by atoms with Crippen molar-refractivity contribution >= 4 is 0 Å². The van der Waals surface area contributed by atoms with Crippen molar-refractivity contribution in [1.82, 2.24) is 0 Å². The summed E-state index contributed by atoms with van der Waals surface area (Å²) in [7, 11) is 2.25. The van der Waals surface area contributed by atoms with Gasteiger partial charge in [0.25, 0.3) is 0 Å². The van der Waals surface area contributed by atoms with E-state index < -0.39 is 6.10 Å². The van der Waals surface area contributed by atoms with Crippen molar-refractivity contribution in [3.63, 3.8) is 0 Å². The zero-order valence-corrected chi connectivity index (χ0v) is 23.1. The van der Waals surface area contributed by atoms with Crippen molar-refractivity contribution in [3.05, 3.63) is 29.8 Å². The number of ether oxygens (including phenoxy) is 2. The van der Waals surface area contributed by atoms with Crippen LogP contribution in [0.25, 0.3) is 0 Å². The van der Waals surface area contributed by atoms with Gasteiger partial charge >= 0.3 is 0 Å². The first-order valence-electron chi connectivity index (χ1n) is 11.7. The van der Waals surface area contributed by atoms with Gasteiger partial charge in [0, 0.05) is 0 Å². The number of likely N-dealkylation sites (N-methyl/N-ethyl adjacent to an activating group) is 1. The Labute approximate surface area is 208 Å². The number of aliphatic hydroxyl groups is 1. The van der Waals surface area contributed by atoms with Gasteiger partial charge in [0.15, 0.2) is 0 Å². The fourth-order valence-electron chi connectivity index (χ4n) is 4.93. The van der Waals surface area contributed by atoms with Crippen LogP contribution in [0.3, 0.4) is 0 Å². The molecule has 0 aromatic heterocycles. The zero-order chi connectivity index (χ0) is 22.4. The second kappa shape index (κ2) is 12.2. The molecule has 1 aromatic carbocycles. The van der Waals surface area contributed by atoms with Crippen LogP contribution in [-0.2, 0) is 10.2 Å². The summed E-state index contributed by atoms with van der Waals surface area (Å²) in [5.41, 5.74) is 1.78. The standard InChI is InChI=1S/C26H46NO3.HI/c1-21-12-14-27(7,15-13-21)18-23(28)19-29-16-17-30-24-10-8-22(9-11-24)26(5,6)20-25(2,3)4;/h8-11,21,23,28H,12-20H2,1-7H3;1H/q+1;/p-1. The van der Waals surface area contributed by atoms with Gasteiger partial charge in [-0.1, -0.05) is 53.7 Å². The Hall–Kier alpha value is -0.370. The number of benzene rings is 1. The van der Waals surface area contributed by atoms with E-state index in [2.05, 4.69) is 72.9 Å². The van der Waals surface area contributed by atoms with Crippen LogP contribution >= 0.6 is 0 Å². The van der Waals surface area contributed by atoms with Crippen LogP contribution in [0.2, 0.25) is 0 Å². The molecule has 5 heteroatoms. The minimum atomic E-state index is -0.410. The summed E-state index contributed by atoms with van der Waals surface area (Å²) in [6, 6.07) is 8.46. The smallest absolute Gasteiger partial charge is 0.126 e. The van der Waals surface area contributed by atoms with Gasteiger partial charge in [-0.05, 0) is 53.7 Å². The molecule has 1 aliphatic heterocycles. The predicted molar refractivity (Wildman–Crippen MR) is 125 cm³/mol. The highest BCUT2D eigenvalue weighted by Crippen LogP contribution is 2.36. The van der Waals surface area contributed by atoms with Gasteiger partial charge in [-0.15, -0.1) is 0 Å². The molecule has 0 spiro atoms. The van der Waals surface area contributed by atoms with Gasteiger partial charge in [0.2, 0.25) is 0 Å². The van der Waals surface area contributed by atoms with Crippen LogP contribution in [0.4, 0.5) is 0 Å². The lowest BCUT2D eigenvalue weighted by molar-refractivity contribution is -0.918. The molecule has 31 heavy (non-hydrogen) atoms. The number of nitrogens with zero attached hydrogens (tertiary/aromatic N) is 1. The first-order valence-corrected chi connectivity index (χ1v) is 11.7. The maximum Gasteiger partial charge on any atom is 0.126 e. The third kappa shape index (κ3) is 10.4. The molecular weight excluding hydrogens is 501 g/mol. The van der Waals surface area contributed by atoms with E-state index in [-0.39, 0.29) is 29.4 Å². The fraction of sp³-hybridized carbons (Fsp3) is 0.769. The number of piperidine rings is 1. The van der Waals surface area contributed by atoms with Crippen LogP contribution in [0.5, 0.6) is 5.75 Å². The summed E-state index contributed by atoms with van der Waals surface area (Å²) >= 11 is 0. The SMILES string of the molecule is CC1CC[N+](C)(CC(O)COCCOc2ccc(C(C)(C)CC(C)(C)C)cc2)CC1.[I-]. The van der Waals surface area contributed by atoms with Crippen molar-refractivity contribution < 1.29 is 43.0 Å². The van der Waals surface area contributed by atoms with E-state index in [4.69, 9.17) is 9.47 Å². The minimum absolute atomic E-state index is 0. The lowest BCUT2D eigenvalue weighted by Gasteiger charge is -2.41. The molecule has 1 fully saturated rings. The van der Waals surface area contributed by atoms with Gasteiger partial charge in [-0.3, -0.25) is 0 Å². The maximum atomic E-state index is 10.4. The molecule has 1 heterocycles. The average Bonchev–Trinajstić information content (AvgIpc) is 2.62. The van der Waals surface area contributed by atoms with E-state index in [0.717, 1.165) is 42.2 Å². The zero-order valence-electron chi connectivity index (χ0n) is 20.9. The van der Waals surface area contributed by atoms with E-state index >= 15 is 0 Å². The number of quaternary nitrogens is 1. The molecule has 2 rings (SSSR count). The van der Waals surface area contributed by atoms with Crippen molar-refractivity contribution in [2.75, 3.05) is 46.5 Å². The van der Waals surface area contributed by atoms with Gasteiger partial charge in [0.05, 0.1) is 33.4 Å². The number of rotatable bonds is 10. The van der Waals surface area contributed by atoms with E-state index in [9.17, 15) is 5.11 Å². The summed E-state index contributed by atoms with van der Waals surface area (Å²) in [4.78, 5) is 0. The number of aliphatic hydroxyl groups excluding tert-OH is 1. The minimum Gasteiger partial charge on any atom is -1.00 e. The van der Waals surface area contributed by atoms with Crippen molar-refractivity contribution in [2.24, 2.45) is 11.3 Å². The first-order chi connectivity index (χ1) is 13.9. The second-order valence-corrected chi connectivity index (χ2v) is 11.7. The first kappa shape index (κ1) is 28.7. The summed E-state index contributed by atoms with van der Waals surface area (Å²) < 4.78 is 12.5. The number of hydrogen-bond acceptors (Lipinski definition) is 3.